The van der Waals surface area contributed by atoms with Crippen molar-refractivity contribution < 1.29 is 9.47 Å². The second kappa shape index (κ2) is 7.06. The van der Waals surface area contributed by atoms with Crippen LogP contribution in [0.5, 0.6) is 11.5 Å². The van der Waals surface area contributed by atoms with Crippen LogP contribution in [0.4, 0.5) is 0 Å². The van der Waals surface area contributed by atoms with Crippen molar-refractivity contribution in [1.29, 1.82) is 0 Å². The van der Waals surface area contributed by atoms with Gasteiger partial charge in [0.25, 0.3) is 0 Å². The summed E-state index contributed by atoms with van der Waals surface area (Å²) >= 11 is 5.48. The lowest BCUT2D eigenvalue weighted by Gasteiger charge is -2.06. The highest BCUT2D eigenvalue weighted by Crippen LogP contribution is 2.15. The van der Waals surface area contributed by atoms with E-state index in [2.05, 4.69) is 24.3 Å². The maximum absolute atomic E-state index is 5.48. The molecule has 0 aliphatic carbocycles. The molecule has 2 rings (SSSR count). The van der Waals surface area contributed by atoms with E-state index in [4.69, 9.17) is 21.7 Å². The van der Waals surface area contributed by atoms with Crippen molar-refractivity contribution in [1.82, 2.24) is 0 Å². The average molecular weight is 286 g/mol. The van der Waals surface area contributed by atoms with Gasteiger partial charge in [0.05, 0.1) is 14.2 Å². The Morgan fingerprint density at radius 2 is 1.10 bits per heavy atom. The number of thiocarbonyl (C=S) groups is 1. The van der Waals surface area contributed by atoms with Crippen LogP contribution in [0.15, 0.2) is 48.5 Å². The monoisotopic (exact) mass is 286 g/mol. The van der Waals surface area contributed by atoms with Crippen molar-refractivity contribution in [2.75, 3.05) is 14.2 Å². The van der Waals surface area contributed by atoms with Crippen molar-refractivity contribution in [3.63, 3.8) is 0 Å². The molecule has 2 aromatic rings. The minimum Gasteiger partial charge on any atom is -0.497 e. The lowest BCUT2D eigenvalue weighted by molar-refractivity contribution is 0.414. The molecule has 0 spiro atoms. The quantitative estimate of drug-likeness (QED) is 0.751. The summed E-state index contributed by atoms with van der Waals surface area (Å²) in [6, 6.07) is 16.1. The van der Waals surface area contributed by atoms with Crippen molar-refractivity contribution in [3.8, 4) is 11.5 Å². The molecule has 0 unspecified atom stereocenters. The molecule has 0 N–H and O–H groups in total. The SMILES string of the molecule is COc1ccc(CC(=S)Cc2ccc(OC)cc2)cc1. The van der Waals surface area contributed by atoms with E-state index in [0.29, 0.717) is 0 Å². The van der Waals surface area contributed by atoms with Gasteiger partial charge >= 0.3 is 0 Å². The Labute approximate surface area is 125 Å². The minimum atomic E-state index is 0.811. The van der Waals surface area contributed by atoms with Crippen molar-refractivity contribution in [2.45, 2.75) is 12.8 Å². The summed E-state index contributed by atoms with van der Waals surface area (Å²) in [5.74, 6) is 1.74. The summed E-state index contributed by atoms with van der Waals surface area (Å²) in [5, 5.41) is 0. The molecule has 3 heteroatoms. The third kappa shape index (κ3) is 4.07. The van der Waals surface area contributed by atoms with E-state index in [-0.39, 0.29) is 0 Å². The summed E-state index contributed by atoms with van der Waals surface area (Å²) in [7, 11) is 3.34. The Morgan fingerprint density at radius 1 is 0.750 bits per heavy atom. The molecule has 0 atom stereocenters. The third-order valence-electron chi connectivity index (χ3n) is 3.12. The summed E-state index contributed by atoms with van der Waals surface area (Å²) < 4.78 is 10.3. The zero-order chi connectivity index (χ0) is 14.4. The molecule has 0 amide bonds. The molecule has 104 valence electrons. The highest BCUT2D eigenvalue weighted by molar-refractivity contribution is 7.80. The predicted molar refractivity (Wildman–Crippen MR) is 86.0 cm³/mol. The van der Waals surface area contributed by atoms with Gasteiger partial charge in [-0.3, -0.25) is 0 Å². The Morgan fingerprint density at radius 3 is 1.40 bits per heavy atom. The molecule has 0 radical (unpaired) electrons. The fourth-order valence-electron chi connectivity index (χ4n) is 2.00. The molecule has 0 aliphatic rings. The normalized spacial score (nSPS) is 10.1. The number of ether oxygens (including phenoxy) is 2. The second-order valence-corrected chi connectivity index (χ2v) is 5.17. The van der Waals surface area contributed by atoms with E-state index in [0.717, 1.165) is 29.2 Å². The van der Waals surface area contributed by atoms with Crippen LogP contribution in [0.3, 0.4) is 0 Å². The van der Waals surface area contributed by atoms with Crippen LogP contribution >= 0.6 is 12.2 Å². The van der Waals surface area contributed by atoms with Gasteiger partial charge in [0.1, 0.15) is 11.5 Å². The van der Waals surface area contributed by atoms with Gasteiger partial charge in [0.2, 0.25) is 0 Å². The van der Waals surface area contributed by atoms with Crippen LogP contribution in [-0.2, 0) is 12.8 Å². The first kappa shape index (κ1) is 14.5. The zero-order valence-electron chi connectivity index (χ0n) is 11.8. The summed E-state index contributed by atoms with van der Waals surface area (Å²) in [6.07, 6.45) is 1.62. The van der Waals surface area contributed by atoms with E-state index in [1.807, 2.05) is 24.3 Å². The predicted octanol–water partition coefficient (Wildman–Crippen LogP) is 3.86. The lowest BCUT2D eigenvalue weighted by Crippen LogP contribution is -2.04. The lowest BCUT2D eigenvalue weighted by atomic mass is 10.0. The van der Waals surface area contributed by atoms with Gasteiger partial charge in [-0.15, -0.1) is 0 Å². The standard InChI is InChI=1S/C17H18O2S/c1-18-15-7-3-13(4-8-15)11-17(20)12-14-5-9-16(19-2)10-6-14/h3-10H,11-12H2,1-2H3. The van der Waals surface area contributed by atoms with Gasteiger partial charge in [0.15, 0.2) is 0 Å². The van der Waals surface area contributed by atoms with Crippen LogP contribution in [0.25, 0.3) is 0 Å². The second-order valence-electron chi connectivity index (χ2n) is 4.59. The molecule has 0 aromatic heterocycles. The molecule has 2 nitrogen and oxygen atoms in total. The summed E-state index contributed by atoms with van der Waals surface area (Å²) in [4.78, 5) is 1.03. The van der Waals surface area contributed by atoms with Crippen LogP contribution in [0.1, 0.15) is 11.1 Å². The number of rotatable bonds is 6. The molecule has 20 heavy (non-hydrogen) atoms. The summed E-state index contributed by atoms with van der Waals surface area (Å²) in [5.41, 5.74) is 2.42. The smallest absolute Gasteiger partial charge is 0.118 e. The average Bonchev–Trinajstić information content (AvgIpc) is 2.49. The Kier molecular flexibility index (Phi) is 5.13. The molecule has 0 bridgehead atoms. The molecular weight excluding hydrogens is 268 g/mol. The maximum Gasteiger partial charge on any atom is 0.118 e. The molecule has 2 aromatic carbocycles. The first-order valence-electron chi connectivity index (χ1n) is 6.49. The maximum atomic E-state index is 5.48. The fraction of sp³-hybridized carbons (Fsp3) is 0.235. The van der Waals surface area contributed by atoms with E-state index in [9.17, 15) is 0 Å². The van der Waals surface area contributed by atoms with Crippen molar-refractivity contribution in [3.05, 3.63) is 59.7 Å². The van der Waals surface area contributed by atoms with E-state index < -0.39 is 0 Å². The topological polar surface area (TPSA) is 18.5 Å². The van der Waals surface area contributed by atoms with Crippen LogP contribution in [-0.4, -0.2) is 19.1 Å². The highest BCUT2D eigenvalue weighted by atomic mass is 32.1. The first-order chi connectivity index (χ1) is 9.71. The van der Waals surface area contributed by atoms with E-state index in [1.165, 1.54) is 11.1 Å². The van der Waals surface area contributed by atoms with E-state index >= 15 is 0 Å². The van der Waals surface area contributed by atoms with Crippen molar-refractivity contribution in [2.24, 2.45) is 0 Å². The molecule has 0 fully saturated rings. The Balaban J connectivity index is 1.93. The Hall–Kier alpha value is -1.87. The fourth-order valence-corrected chi connectivity index (χ4v) is 2.34. The van der Waals surface area contributed by atoms with Gasteiger partial charge in [0, 0.05) is 17.7 Å². The highest BCUT2D eigenvalue weighted by Gasteiger charge is 2.03. The first-order valence-corrected chi connectivity index (χ1v) is 6.89. The zero-order valence-corrected chi connectivity index (χ0v) is 12.6. The molecule has 0 saturated carbocycles. The van der Waals surface area contributed by atoms with Crippen LogP contribution < -0.4 is 9.47 Å². The Bertz CT molecular complexity index is 507. The summed E-state index contributed by atoms with van der Waals surface area (Å²) in [6.45, 7) is 0. The number of hydrogen-bond donors (Lipinski definition) is 0. The molecule has 0 heterocycles. The molecule has 0 saturated heterocycles. The van der Waals surface area contributed by atoms with Gasteiger partial charge in [-0.2, -0.15) is 0 Å². The van der Waals surface area contributed by atoms with E-state index in [1.54, 1.807) is 14.2 Å². The third-order valence-corrected chi connectivity index (χ3v) is 3.41. The number of hydrogen-bond acceptors (Lipinski definition) is 3. The van der Waals surface area contributed by atoms with Gasteiger partial charge in [-0.25, -0.2) is 0 Å². The van der Waals surface area contributed by atoms with Crippen molar-refractivity contribution >= 4 is 17.1 Å². The number of benzene rings is 2. The van der Waals surface area contributed by atoms with Gasteiger partial charge < -0.3 is 9.47 Å². The largest absolute Gasteiger partial charge is 0.497 e. The molecule has 0 aliphatic heterocycles. The van der Waals surface area contributed by atoms with Crippen LogP contribution in [0, 0.1) is 0 Å². The van der Waals surface area contributed by atoms with Gasteiger partial charge in [-0.05, 0) is 35.4 Å². The minimum absolute atomic E-state index is 0.811. The van der Waals surface area contributed by atoms with Gasteiger partial charge in [-0.1, -0.05) is 36.5 Å². The molecular formula is C17H18O2S. The van der Waals surface area contributed by atoms with Crippen LogP contribution in [0.2, 0.25) is 0 Å². The number of methoxy groups -OCH3 is 2.